The minimum absolute atomic E-state index is 0.236. The fraction of sp³-hybridized carbons (Fsp3) is 0.0625. The summed E-state index contributed by atoms with van der Waals surface area (Å²) >= 11 is 7.21. The Morgan fingerprint density at radius 3 is 2.61 bits per heavy atom. The molecule has 7 heteroatoms. The number of aliphatic imine (C=N–C) groups is 1. The first-order chi connectivity index (χ1) is 11.1. The van der Waals surface area contributed by atoms with Crippen LogP contribution in [-0.4, -0.2) is 17.3 Å². The minimum Gasteiger partial charge on any atom is -0.322 e. The third-order valence-electron chi connectivity index (χ3n) is 2.80. The highest BCUT2D eigenvalue weighted by atomic mass is 35.5. The average Bonchev–Trinajstić information content (AvgIpc) is 2.56. The monoisotopic (exact) mass is 344 g/mol. The molecule has 116 valence electrons. The molecule has 0 radical (unpaired) electrons. The molecule has 2 N–H and O–H groups in total. The molecule has 0 aliphatic carbocycles. The van der Waals surface area contributed by atoms with Crippen molar-refractivity contribution in [3.8, 4) is 6.19 Å². The number of nitrogens with zero attached hydrogens (tertiary/aromatic N) is 2. The Morgan fingerprint density at radius 1 is 1.26 bits per heavy atom. The number of halogens is 1. The highest BCUT2D eigenvalue weighted by Crippen LogP contribution is 2.19. The number of rotatable bonds is 3. The molecule has 1 amide bonds. The Balaban J connectivity index is 2.08. The van der Waals surface area contributed by atoms with Gasteiger partial charge in [-0.1, -0.05) is 29.4 Å². The molecule has 2 rings (SSSR count). The molecule has 0 aliphatic heterocycles. The van der Waals surface area contributed by atoms with Gasteiger partial charge in [-0.05, 0) is 48.7 Å². The number of nitrogens with one attached hydrogen (secondary N) is 2. The van der Waals surface area contributed by atoms with E-state index in [0.717, 1.165) is 0 Å². The lowest BCUT2D eigenvalue weighted by atomic mass is 10.2. The van der Waals surface area contributed by atoms with E-state index in [1.54, 1.807) is 48.5 Å². The Kier molecular flexibility index (Phi) is 6.03. The minimum atomic E-state index is -0.236. The Hall–Kier alpha value is -2.49. The summed E-state index contributed by atoms with van der Waals surface area (Å²) in [5.41, 5.74) is 1.81. The van der Waals surface area contributed by atoms with Crippen molar-refractivity contribution in [3.63, 3.8) is 0 Å². The van der Waals surface area contributed by atoms with E-state index < -0.39 is 0 Å². The first kappa shape index (κ1) is 16.9. The summed E-state index contributed by atoms with van der Waals surface area (Å²) in [5.74, 6) is -0.236. The van der Waals surface area contributed by atoms with Gasteiger partial charge in [-0.25, -0.2) is 4.99 Å². The standard InChI is InChI=1S/C16H13ClN4OS/c1-23-16(19-10-18)21-14-7-5-13(6-8-14)20-15(22)11-3-2-4-12(17)9-11/h2-9H,1H3,(H,19,21)(H,20,22). The first-order valence-electron chi connectivity index (χ1n) is 6.57. The van der Waals surface area contributed by atoms with Gasteiger partial charge in [-0.2, -0.15) is 5.26 Å². The summed E-state index contributed by atoms with van der Waals surface area (Å²) in [6.45, 7) is 0. The van der Waals surface area contributed by atoms with Gasteiger partial charge in [0.15, 0.2) is 11.4 Å². The van der Waals surface area contributed by atoms with Crippen LogP contribution < -0.4 is 10.6 Å². The van der Waals surface area contributed by atoms with E-state index in [-0.39, 0.29) is 5.91 Å². The maximum atomic E-state index is 12.1. The van der Waals surface area contributed by atoms with Crippen molar-refractivity contribution < 1.29 is 4.79 Å². The van der Waals surface area contributed by atoms with Gasteiger partial charge in [-0.15, -0.1) is 0 Å². The number of amides is 1. The maximum Gasteiger partial charge on any atom is 0.255 e. The SMILES string of the molecule is CSC(=Nc1ccc(NC(=O)c2cccc(Cl)c2)cc1)NC#N. The number of thioether (sulfide) groups is 1. The van der Waals surface area contributed by atoms with Crippen molar-refractivity contribution in [1.29, 1.82) is 5.26 Å². The second kappa shape index (κ2) is 8.22. The molecule has 0 heterocycles. The zero-order valence-corrected chi connectivity index (χ0v) is 13.8. The lowest BCUT2D eigenvalue weighted by molar-refractivity contribution is 0.102. The van der Waals surface area contributed by atoms with Gasteiger partial charge in [0.25, 0.3) is 5.91 Å². The van der Waals surface area contributed by atoms with E-state index in [4.69, 9.17) is 16.9 Å². The van der Waals surface area contributed by atoms with Crippen LogP contribution in [0.5, 0.6) is 0 Å². The van der Waals surface area contributed by atoms with E-state index in [1.807, 2.05) is 12.4 Å². The summed E-state index contributed by atoms with van der Waals surface area (Å²) in [6, 6.07) is 13.7. The van der Waals surface area contributed by atoms with Crippen LogP contribution in [0.3, 0.4) is 0 Å². The van der Waals surface area contributed by atoms with Gasteiger partial charge in [0.05, 0.1) is 5.69 Å². The summed E-state index contributed by atoms with van der Waals surface area (Å²) in [6.07, 6.45) is 3.65. The summed E-state index contributed by atoms with van der Waals surface area (Å²) in [7, 11) is 0. The summed E-state index contributed by atoms with van der Waals surface area (Å²) in [4.78, 5) is 16.4. The molecule has 23 heavy (non-hydrogen) atoms. The van der Waals surface area contributed by atoms with Crippen molar-refractivity contribution in [2.45, 2.75) is 0 Å². The predicted molar refractivity (Wildman–Crippen MR) is 95.2 cm³/mol. The van der Waals surface area contributed by atoms with Gasteiger partial charge in [-0.3, -0.25) is 10.1 Å². The quantitative estimate of drug-likeness (QED) is 0.381. The first-order valence-corrected chi connectivity index (χ1v) is 8.17. The molecule has 2 aromatic rings. The fourth-order valence-electron chi connectivity index (χ4n) is 1.74. The molecule has 5 nitrogen and oxygen atoms in total. The van der Waals surface area contributed by atoms with E-state index in [2.05, 4.69) is 15.6 Å². The normalized spacial score (nSPS) is 10.7. The molecule has 0 bridgehead atoms. The van der Waals surface area contributed by atoms with Gasteiger partial charge >= 0.3 is 0 Å². The predicted octanol–water partition coefficient (Wildman–Crippen LogP) is 4.01. The van der Waals surface area contributed by atoms with Crippen molar-refractivity contribution in [3.05, 3.63) is 59.1 Å². The van der Waals surface area contributed by atoms with E-state index >= 15 is 0 Å². The van der Waals surface area contributed by atoms with Crippen LogP contribution in [0.15, 0.2) is 53.5 Å². The molecular weight excluding hydrogens is 332 g/mol. The molecule has 0 saturated carbocycles. The van der Waals surface area contributed by atoms with Crippen molar-refractivity contribution in [2.75, 3.05) is 11.6 Å². The van der Waals surface area contributed by atoms with E-state index in [9.17, 15) is 4.79 Å². The number of carbonyl (C=O) groups is 1. The number of nitriles is 1. The van der Waals surface area contributed by atoms with Gasteiger partial charge in [0.1, 0.15) is 0 Å². The molecule has 0 saturated heterocycles. The van der Waals surface area contributed by atoms with Gasteiger partial charge in [0, 0.05) is 16.3 Å². The smallest absolute Gasteiger partial charge is 0.255 e. The lowest BCUT2D eigenvalue weighted by Crippen LogP contribution is -2.12. The van der Waals surface area contributed by atoms with Crippen molar-refractivity contribution in [1.82, 2.24) is 5.32 Å². The van der Waals surface area contributed by atoms with Crippen LogP contribution in [0, 0.1) is 11.5 Å². The van der Waals surface area contributed by atoms with Crippen LogP contribution in [0.2, 0.25) is 5.02 Å². The van der Waals surface area contributed by atoms with Crippen LogP contribution >= 0.6 is 23.4 Å². The Labute approximate surface area is 143 Å². The van der Waals surface area contributed by atoms with Crippen LogP contribution in [0.1, 0.15) is 10.4 Å². The second-order valence-electron chi connectivity index (χ2n) is 4.37. The Bertz CT molecular complexity index is 768. The molecular formula is C16H13ClN4OS. The zero-order valence-electron chi connectivity index (χ0n) is 12.2. The fourth-order valence-corrected chi connectivity index (χ4v) is 2.28. The molecule has 0 fully saturated rings. The Morgan fingerprint density at radius 2 is 2.00 bits per heavy atom. The van der Waals surface area contributed by atoms with Crippen LogP contribution in [0.25, 0.3) is 0 Å². The number of carbonyl (C=O) groups excluding carboxylic acids is 1. The summed E-state index contributed by atoms with van der Waals surface area (Å²) < 4.78 is 0. The van der Waals surface area contributed by atoms with Crippen molar-refractivity contribution in [2.24, 2.45) is 4.99 Å². The highest BCUT2D eigenvalue weighted by molar-refractivity contribution is 8.13. The molecule has 0 spiro atoms. The average molecular weight is 345 g/mol. The van der Waals surface area contributed by atoms with Gasteiger partial charge in [0.2, 0.25) is 0 Å². The topological polar surface area (TPSA) is 77.3 Å². The molecule has 0 atom stereocenters. The lowest BCUT2D eigenvalue weighted by Gasteiger charge is -2.06. The number of benzene rings is 2. The largest absolute Gasteiger partial charge is 0.322 e. The molecule has 0 unspecified atom stereocenters. The molecule has 0 aliphatic rings. The number of amidine groups is 1. The number of hydrogen-bond donors (Lipinski definition) is 2. The van der Waals surface area contributed by atoms with E-state index in [1.165, 1.54) is 11.8 Å². The van der Waals surface area contributed by atoms with Crippen LogP contribution in [-0.2, 0) is 0 Å². The van der Waals surface area contributed by atoms with Crippen molar-refractivity contribution >= 4 is 45.8 Å². The zero-order chi connectivity index (χ0) is 16.7. The van der Waals surface area contributed by atoms with Crippen LogP contribution in [0.4, 0.5) is 11.4 Å². The molecule has 2 aromatic carbocycles. The number of anilines is 1. The van der Waals surface area contributed by atoms with E-state index in [0.29, 0.717) is 27.1 Å². The third-order valence-corrected chi connectivity index (χ3v) is 3.61. The maximum absolute atomic E-state index is 12.1. The highest BCUT2D eigenvalue weighted by Gasteiger charge is 2.06. The van der Waals surface area contributed by atoms with Gasteiger partial charge < -0.3 is 5.32 Å². The summed E-state index contributed by atoms with van der Waals surface area (Å²) in [5, 5.41) is 14.9. The third kappa shape index (κ3) is 5.02. The number of hydrogen-bond acceptors (Lipinski definition) is 4. The second-order valence-corrected chi connectivity index (χ2v) is 5.60. The molecule has 0 aromatic heterocycles.